The highest BCUT2D eigenvalue weighted by atomic mass is 16.3. The number of anilines is 1. The molecular formula is C11H19N3O. The van der Waals surface area contributed by atoms with Crippen LogP contribution in [0.3, 0.4) is 0 Å². The third kappa shape index (κ3) is 3.16. The lowest BCUT2D eigenvalue weighted by Gasteiger charge is -2.27. The quantitative estimate of drug-likeness (QED) is 0.812. The predicted molar refractivity (Wildman–Crippen MR) is 61.1 cm³/mol. The summed E-state index contributed by atoms with van der Waals surface area (Å²) in [5.74, 6) is 1.66. The molecule has 15 heavy (non-hydrogen) atoms. The highest BCUT2D eigenvalue weighted by Gasteiger charge is 2.12. The van der Waals surface area contributed by atoms with E-state index in [4.69, 9.17) is 5.11 Å². The molecule has 84 valence electrons. The van der Waals surface area contributed by atoms with Crippen molar-refractivity contribution in [3.63, 3.8) is 0 Å². The number of hydrogen-bond acceptors (Lipinski definition) is 4. The topological polar surface area (TPSA) is 49.2 Å². The molecule has 1 aromatic rings. The Hall–Kier alpha value is -1.16. The lowest BCUT2D eigenvalue weighted by atomic mass is 10.3. The van der Waals surface area contributed by atoms with Gasteiger partial charge in [0.15, 0.2) is 0 Å². The number of aliphatic hydroxyl groups is 1. The second kappa shape index (κ2) is 5.07. The molecule has 0 aliphatic rings. The van der Waals surface area contributed by atoms with Crippen molar-refractivity contribution in [2.24, 2.45) is 0 Å². The molecule has 0 aliphatic heterocycles. The Kier molecular flexibility index (Phi) is 4.03. The van der Waals surface area contributed by atoms with Crippen LogP contribution in [-0.4, -0.2) is 34.3 Å². The van der Waals surface area contributed by atoms with E-state index >= 15 is 0 Å². The number of aliphatic hydroxyl groups excluding tert-OH is 1. The van der Waals surface area contributed by atoms with Gasteiger partial charge in [-0.25, -0.2) is 9.97 Å². The summed E-state index contributed by atoms with van der Waals surface area (Å²) in [4.78, 5) is 10.7. The van der Waals surface area contributed by atoms with Gasteiger partial charge in [-0.2, -0.15) is 0 Å². The van der Waals surface area contributed by atoms with Crippen molar-refractivity contribution in [1.82, 2.24) is 9.97 Å². The molecule has 0 amide bonds. The van der Waals surface area contributed by atoms with Crippen LogP contribution in [0, 0.1) is 13.8 Å². The van der Waals surface area contributed by atoms with Crippen molar-refractivity contribution < 1.29 is 5.11 Å². The zero-order valence-electron chi connectivity index (χ0n) is 9.86. The van der Waals surface area contributed by atoms with E-state index in [-0.39, 0.29) is 6.61 Å². The molecule has 0 bridgehead atoms. The first-order valence-electron chi connectivity index (χ1n) is 5.24. The SMILES string of the molecule is Cc1cc(N(CCO)C(C)C)nc(C)n1. The van der Waals surface area contributed by atoms with Gasteiger partial charge in [0.05, 0.1) is 6.61 Å². The Labute approximate surface area is 91.0 Å². The van der Waals surface area contributed by atoms with E-state index in [1.54, 1.807) is 0 Å². The first-order valence-corrected chi connectivity index (χ1v) is 5.24. The van der Waals surface area contributed by atoms with Crippen LogP contribution in [0.1, 0.15) is 25.4 Å². The molecule has 0 radical (unpaired) electrons. The largest absolute Gasteiger partial charge is 0.395 e. The molecule has 1 rings (SSSR count). The zero-order chi connectivity index (χ0) is 11.4. The van der Waals surface area contributed by atoms with Crippen LogP contribution in [-0.2, 0) is 0 Å². The predicted octanol–water partition coefficient (Wildman–Crippen LogP) is 1.30. The Morgan fingerprint density at radius 3 is 2.47 bits per heavy atom. The highest BCUT2D eigenvalue weighted by Crippen LogP contribution is 2.14. The molecule has 0 unspecified atom stereocenters. The maximum Gasteiger partial charge on any atom is 0.132 e. The van der Waals surface area contributed by atoms with E-state index in [9.17, 15) is 0 Å². The molecule has 0 aliphatic carbocycles. The van der Waals surface area contributed by atoms with Crippen LogP contribution in [0.5, 0.6) is 0 Å². The number of aryl methyl sites for hydroxylation is 2. The summed E-state index contributed by atoms with van der Waals surface area (Å²) in [5.41, 5.74) is 0.959. The van der Waals surface area contributed by atoms with Gasteiger partial charge in [0.25, 0.3) is 0 Å². The van der Waals surface area contributed by atoms with Crippen molar-refractivity contribution in [3.05, 3.63) is 17.6 Å². The highest BCUT2D eigenvalue weighted by molar-refractivity contribution is 5.40. The first-order chi connectivity index (χ1) is 7.04. The van der Waals surface area contributed by atoms with Gasteiger partial charge in [-0.05, 0) is 27.7 Å². The van der Waals surface area contributed by atoms with E-state index in [2.05, 4.69) is 28.7 Å². The lowest BCUT2D eigenvalue weighted by Crippen LogP contribution is -2.34. The molecule has 0 saturated carbocycles. The van der Waals surface area contributed by atoms with Gasteiger partial charge in [0, 0.05) is 24.3 Å². The number of rotatable bonds is 4. The Morgan fingerprint density at radius 2 is 2.00 bits per heavy atom. The molecule has 0 saturated heterocycles. The van der Waals surface area contributed by atoms with Crippen LogP contribution < -0.4 is 4.90 Å². The standard InChI is InChI=1S/C11H19N3O/c1-8(2)14(5-6-15)11-7-9(3)12-10(4)13-11/h7-8,15H,5-6H2,1-4H3. The monoisotopic (exact) mass is 209 g/mol. The van der Waals surface area contributed by atoms with Crippen molar-refractivity contribution in [3.8, 4) is 0 Å². The molecule has 1 heterocycles. The van der Waals surface area contributed by atoms with Gasteiger partial charge in [-0.1, -0.05) is 0 Å². The van der Waals surface area contributed by atoms with Gasteiger partial charge in [-0.3, -0.25) is 0 Å². The molecule has 0 atom stereocenters. The second-order valence-corrected chi connectivity index (χ2v) is 3.93. The Morgan fingerprint density at radius 1 is 1.33 bits per heavy atom. The summed E-state index contributed by atoms with van der Waals surface area (Å²) in [5, 5.41) is 9.00. The van der Waals surface area contributed by atoms with Crippen molar-refractivity contribution in [2.75, 3.05) is 18.1 Å². The summed E-state index contributed by atoms with van der Waals surface area (Å²) in [6.45, 7) is 8.75. The van der Waals surface area contributed by atoms with E-state index in [0.717, 1.165) is 17.3 Å². The fourth-order valence-electron chi connectivity index (χ4n) is 1.59. The number of aromatic nitrogens is 2. The summed E-state index contributed by atoms with van der Waals surface area (Å²) < 4.78 is 0. The minimum Gasteiger partial charge on any atom is -0.395 e. The molecule has 4 heteroatoms. The fourth-order valence-corrected chi connectivity index (χ4v) is 1.59. The van der Waals surface area contributed by atoms with Crippen LogP contribution in [0.25, 0.3) is 0 Å². The van der Waals surface area contributed by atoms with Gasteiger partial charge >= 0.3 is 0 Å². The van der Waals surface area contributed by atoms with Crippen molar-refractivity contribution in [2.45, 2.75) is 33.7 Å². The second-order valence-electron chi connectivity index (χ2n) is 3.93. The molecule has 1 N–H and O–H groups in total. The van der Waals surface area contributed by atoms with Crippen LogP contribution in [0.15, 0.2) is 6.07 Å². The lowest BCUT2D eigenvalue weighted by molar-refractivity contribution is 0.298. The minimum atomic E-state index is 0.139. The zero-order valence-corrected chi connectivity index (χ0v) is 9.86. The molecular weight excluding hydrogens is 190 g/mol. The van der Waals surface area contributed by atoms with E-state index < -0.39 is 0 Å². The van der Waals surface area contributed by atoms with Crippen LogP contribution in [0.4, 0.5) is 5.82 Å². The van der Waals surface area contributed by atoms with Crippen LogP contribution >= 0.6 is 0 Å². The normalized spacial score (nSPS) is 10.8. The van der Waals surface area contributed by atoms with Gasteiger partial charge in [0.2, 0.25) is 0 Å². The van der Waals surface area contributed by atoms with Gasteiger partial charge < -0.3 is 10.0 Å². The van der Waals surface area contributed by atoms with Crippen molar-refractivity contribution >= 4 is 5.82 Å². The maximum absolute atomic E-state index is 9.00. The molecule has 0 fully saturated rings. The average Bonchev–Trinajstić information content (AvgIpc) is 2.11. The summed E-state index contributed by atoms with van der Waals surface area (Å²) >= 11 is 0. The van der Waals surface area contributed by atoms with Crippen molar-refractivity contribution in [1.29, 1.82) is 0 Å². The molecule has 0 spiro atoms. The maximum atomic E-state index is 9.00. The average molecular weight is 209 g/mol. The Balaban J connectivity index is 2.99. The van der Waals surface area contributed by atoms with Gasteiger partial charge in [-0.15, -0.1) is 0 Å². The summed E-state index contributed by atoms with van der Waals surface area (Å²) in [6, 6.07) is 2.27. The van der Waals surface area contributed by atoms with E-state index in [1.165, 1.54) is 0 Å². The minimum absolute atomic E-state index is 0.139. The van der Waals surface area contributed by atoms with Crippen LogP contribution in [0.2, 0.25) is 0 Å². The molecule has 4 nitrogen and oxygen atoms in total. The third-order valence-electron chi connectivity index (χ3n) is 2.21. The Bertz CT molecular complexity index is 305. The number of nitrogens with zero attached hydrogens (tertiary/aromatic N) is 3. The smallest absolute Gasteiger partial charge is 0.132 e. The first kappa shape index (κ1) is 11.9. The number of hydrogen-bond donors (Lipinski definition) is 1. The fraction of sp³-hybridized carbons (Fsp3) is 0.636. The summed E-state index contributed by atoms with van der Waals surface area (Å²) in [6.07, 6.45) is 0. The van der Waals surface area contributed by atoms with E-state index in [1.807, 2.05) is 19.9 Å². The van der Waals surface area contributed by atoms with Gasteiger partial charge in [0.1, 0.15) is 11.6 Å². The molecule has 1 aromatic heterocycles. The summed E-state index contributed by atoms with van der Waals surface area (Å²) in [7, 11) is 0. The van der Waals surface area contributed by atoms with E-state index in [0.29, 0.717) is 12.6 Å². The third-order valence-corrected chi connectivity index (χ3v) is 2.21. The molecule has 0 aromatic carbocycles.